The Bertz CT molecular complexity index is 428. The SMILES string of the molecule is CC(C)C(C)C1C(=O)Nc2ccc(Cl)cc21. The molecule has 1 aliphatic rings. The molecule has 0 saturated carbocycles. The molecule has 1 aromatic rings. The van der Waals surface area contributed by atoms with Gasteiger partial charge in [-0.05, 0) is 35.6 Å². The second-order valence-electron chi connectivity index (χ2n) is 4.80. The minimum absolute atomic E-state index is 0.0614. The fraction of sp³-hybridized carbons (Fsp3) is 0.462. The van der Waals surface area contributed by atoms with Gasteiger partial charge in [-0.2, -0.15) is 0 Å². The van der Waals surface area contributed by atoms with Gasteiger partial charge in [-0.25, -0.2) is 0 Å². The second-order valence-corrected chi connectivity index (χ2v) is 5.24. The highest BCUT2D eigenvalue weighted by Gasteiger charge is 2.35. The second kappa shape index (κ2) is 4.10. The van der Waals surface area contributed by atoms with Gasteiger partial charge in [0.15, 0.2) is 0 Å². The molecule has 2 atom stereocenters. The van der Waals surface area contributed by atoms with E-state index in [0.717, 1.165) is 11.3 Å². The van der Waals surface area contributed by atoms with E-state index >= 15 is 0 Å². The number of benzene rings is 1. The van der Waals surface area contributed by atoms with Crippen molar-refractivity contribution in [3.05, 3.63) is 28.8 Å². The van der Waals surface area contributed by atoms with Gasteiger partial charge in [0, 0.05) is 10.7 Å². The lowest BCUT2D eigenvalue weighted by molar-refractivity contribution is -0.118. The predicted molar refractivity (Wildman–Crippen MR) is 66.8 cm³/mol. The molecular formula is C13H16ClNO. The highest BCUT2D eigenvalue weighted by molar-refractivity contribution is 6.31. The van der Waals surface area contributed by atoms with Gasteiger partial charge in [0.25, 0.3) is 0 Å². The van der Waals surface area contributed by atoms with Gasteiger partial charge >= 0.3 is 0 Å². The lowest BCUT2D eigenvalue weighted by atomic mass is 9.81. The monoisotopic (exact) mass is 237 g/mol. The maximum Gasteiger partial charge on any atom is 0.232 e. The summed E-state index contributed by atoms with van der Waals surface area (Å²) >= 11 is 5.98. The summed E-state index contributed by atoms with van der Waals surface area (Å²) in [6, 6.07) is 5.59. The lowest BCUT2D eigenvalue weighted by Crippen LogP contribution is -2.22. The molecule has 0 saturated heterocycles. The largest absolute Gasteiger partial charge is 0.325 e. The van der Waals surface area contributed by atoms with Gasteiger partial charge in [-0.1, -0.05) is 32.4 Å². The molecule has 16 heavy (non-hydrogen) atoms. The number of hydrogen-bond donors (Lipinski definition) is 1. The summed E-state index contributed by atoms with van der Waals surface area (Å²) in [5.41, 5.74) is 1.95. The average Bonchev–Trinajstić information content (AvgIpc) is 2.52. The summed E-state index contributed by atoms with van der Waals surface area (Å²) < 4.78 is 0. The van der Waals surface area contributed by atoms with Crippen LogP contribution in [0.5, 0.6) is 0 Å². The molecule has 3 heteroatoms. The molecule has 2 nitrogen and oxygen atoms in total. The predicted octanol–water partition coefficient (Wildman–Crippen LogP) is 3.67. The zero-order chi connectivity index (χ0) is 11.9. The van der Waals surface area contributed by atoms with E-state index in [0.29, 0.717) is 16.9 Å². The first-order valence-corrected chi connectivity index (χ1v) is 5.99. The highest BCUT2D eigenvalue weighted by Crippen LogP contribution is 2.40. The van der Waals surface area contributed by atoms with E-state index in [1.54, 1.807) is 0 Å². The molecule has 2 rings (SSSR count). The van der Waals surface area contributed by atoms with E-state index in [1.165, 1.54) is 0 Å². The third-order valence-electron chi connectivity index (χ3n) is 3.47. The number of anilines is 1. The maximum absolute atomic E-state index is 11.9. The summed E-state index contributed by atoms with van der Waals surface area (Å²) in [4.78, 5) is 11.9. The Labute approximate surface area is 101 Å². The van der Waals surface area contributed by atoms with Crippen molar-refractivity contribution in [1.82, 2.24) is 0 Å². The lowest BCUT2D eigenvalue weighted by Gasteiger charge is -2.21. The van der Waals surface area contributed by atoms with Crippen LogP contribution >= 0.6 is 11.6 Å². The number of carbonyl (C=O) groups is 1. The van der Waals surface area contributed by atoms with Gasteiger partial charge in [-0.3, -0.25) is 4.79 Å². The van der Waals surface area contributed by atoms with Crippen LogP contribution in [-0.2, 0) is 4.79 Å². The van der Waals surface area contributed by atoms with Crippen LogP contribution in [0.3, 0.4) is 0 Å². The molecule has 2 unspecified atom stereocenters. The quantitative estimate of drug-likeness (QED) is 0.836. The van der Waals surface area contributed by atoms with Crippen molar-refractivity contribution >= 4 is 23.2 Å². The van der Waals surface area contributed by atoms with Gasteiger partial charge < -0.3 is 5.32 Å². The third kappa shape index (κ3) is 1.82. The van der Waals surface area contributed by atoms with Gasteiger partial charge in [-0.15, -0.1) is 0 Å². The van der Waals surface area contributed by atoms with Crippen LogP contribution in [0.2, 0.25) is 5.02 Å². The van der Waals surface area contributed by atoms with Crippen molar-refractivity contribution in [3.63, 3.8) is 0 Å². The standard InChI is InChI=1S/C13H16ClNO/c1-7(2)8(3)12-10-6-9(14)4-5-11(10)15-13(12)16/h4-8,12H,1-3H3,(H,15,16). The smallest absolute Gasteiger partial charge is 0.232 e. The molecule has 0 spiro atoms. The van der Waals surface area contributed by atoms with Gasteiger partial charge in [0.2, 0.25) is 5.91 Å². The van der Waals surface area contributed by atoms with Crippen molar-refractivity contribution in [2.75, 3.05) is 5.32 Å². The van der Waals surface area contributed by atoms with E-state index in [2.05, 4.69) is 26.1 Å². The van der Waals surface area contributed by atoms with Crippen molar-refractivity contribution in [2.24, 2.45) is 11.8 Å². The first kappa shape index (κ1) is 11.5. The summed E-state index contributed by atoms with van der Waals surface area (Å²) in [6.45, 7) is 6.39. The first-order valence-electron chi connectivity index (χ1n) is 5.61. The number of hydrogen-bond acceptors (Lipinski definition) is 1. The van der Waals surface area contributed by atoms with E-state index < -0.39 is 0 Å². The molecular weight excluding hydrogens is 222 g/mol. The van der Waals surface area contributed by atoms with E-state index in [9.17, 15) is 4.79 Å². The number of carbonyl (C=O) groups excluding carboxylic acids is 1. The summed E-state index contributed by atoms with van der Waals surface area (Å²) in [5.74, 6) is 0.826. The fourth-order valence-corrected chi connectivity index (χ4v) is 2.34. The Morgan fingerprint density at radius 2 is 2.00 bits per heavy atom. The van der Waals surface area contributed by atoms with E-state index in [-0.39, 0.29) is 11.8 Å². The Morgan fingerprint density at radius 3 is 2.62 bits per heavy atom. The zero-order valence-electron chi connectivity index (χ0n) is 9.75. The average molecular weight is 238 g/mol. The van der Waals surface area contributed by atoms with E-state index in [1.807, 2.05) is 18.2 Å². The first-order chi connectivity index (χ1) is 7.50. The molecule has 1 heterocycles. The molecule has 1 aliphatic heterocycles. The van der Waals surface area contributed by atoms with Crippen LogP contribution in [0.25, 0.3) is 0 Å². The van der Waals surface area contributed by atoms with Crippen LogP contribution in [-0.4, -0.2) is 5.91 Å². The van der Waals surface area contributed by atoms with Crippen LogP contribution < -0.4 is 5.32 Å². The third-order valence-corrected chi connectivity index (χ3v) is 3.70. The van der Waals surface area contributed by atoms with Crippen molar-refractivity contribution in [2.45, 2.75) is 26.7 Å². The number of amides is 1. The fourth-order valence-electron chi connectivity index (χ4n) is 2.16. The van der Waals surface area contributed by atoms with Crippen LogP contribution in [0.4, 0.5) is 5.69 Å². The summed E-state index contributed by atoms with van der Waals surface area (Å²) in [7, 11) is 0. The van der Waals surface area contributed by atoms with Crippen molar-refractivity contribution < 1.29 is 4.79 Å². The highest BCUT2D eigenvalue weighted by atomic mass is 35.5. The Balaban J connectivity index is 2.42. The number of nitrogens with one attached hydrogen (secondary N) is 1. The molecule has 0 radical (unpaired) electrons. The molecule has 0 fully saturated rings. The summed E-state index contributed by atoms with van der Waals surface area (Å²) in [5, 5.41) is 3.60. The molecule has 1 N–H and O–H groups in total. The maximum atomic E-state index is 11.9. The molecule has 0 aliphatic carbocycles. The van der Waals surface area contributed by atoms with Crippen LogP contribution in [0, 0.1) is 11.8 Å². The topological polar surface area (TPSA) is 29.1 Å². The van der Waals surface area contributed by atoms with Crippen molar-refractivity contribution in [1.29, 1.82) is 0 Å². The minimum atomic E-state index is -0.0614. The van der Waals surface area contributed by atoms with E-state index in [4.69, 9.17) is 11.6 Å². The van der Waals surface area contributed by atoms with Gasteiger partial charge in [0.05, 0.1) is 5.92 Å². The molecule has 1 amide bonds. The number of halogens is 1. The number of rotatable bonds is 2. The summed E-state index contributed by atoms with van der Waals surface area (Å²) in [6.07, 6.45) is 0. The number of fused-ring (bicyclic) bond motifs is 1. The molecule has 1 aromatic carbocycles. The minimum Gasteiger partial charge on any atom is -0.325 e. The van der Waals surface area contributed by atoms with Crippen LogP contribution in [0.1, 0.15) is 32.3 Å². The Morgan fingerprint density at radius 1 is 1.31 bits per heavy atom. The molecule has 0 bridgehead atoms. The van der Waals surface area contributed by atoms with Gasteiger partial charge in [0.1, 0.15) is 0 Å². The Kier molecular flexibility index (Phi) is 2.94. The zero-order valence-corrected chi connectivity index (χ0v) is 10.5. The molecule has 86 valence electrons. The molecule has 0 aromatic heterocycles. The normalized spacial score (nSPS) is 20.8. The Hall–Kier alpha value is -1.02. The van der Waals surface area contributed by atoms with Crippen molar-refractivity contribution in [3.8, 4) is 0 Å². The van der Waals surface area contributed by atoms with Crippen LogP contribution in [0.15, 0.2) is 18.2 Å².